The van der Waals surface area contributed by atoms with Crippen molar-refractivity contribution in [2.75, 3.05) is 20.3 Å². The highest BCUT2D eigenvalue weighted by molar-refractivity contribution is 5.92. The Morgan fingerprint density at radius 3 is 2.68 bits per heavy atom. The van der Waals surface area contributed by atoms with Gasteiger partial charge in [-0.05, 0) is 55.9 Å². The number of amides is 1. The molecule has 1 N–H and O–H groups in total. The van der Waals surface area contributed by atoms with Crippen LogP contribution in [0.15, 0.2) is 18.2 Å². The molecule has 0 radical (unpaired) electrons. The molecule has 1 aromatic rings. The van der Waals surface area contributed by atoms with E-state index < -0.39 is 12.1 Å². The Hall–Kier alpha value is -1.88. The highest BCUT2D eigenvalue weighted by Crippen LogP contribution is 2.22. The maximum atomic E-state index is 12.1. The summed E-state index contributed by atoms with van der Waals surface area (Å²) in [6.45, 7) is 2.39. The number of hydrogen-bond donors (Lipinski definition) is 1. The Kier molecular flexibility index (Phi) is 5.95. The Bertz CT molecular complexity index is 541. The Balaban J connectivity index is 1.92. The lowest BCUT2D eigenvalue weighted by atomic mass is 9.90. The molecule has 22 heavy (non-hydrogen) atoms. The first-order chi connectivity index (χ1) is 10.6. The van der Waals surface area contributed by atoms with E-state index in [1.165, 1.54) is 17.5 Å². The van der Waals surface area contributed by atoms with Crippen LogP contribution in [0.1, 0.15) is 41.3 Å². The van der Waals surface area contributed by atoms with Crippen LogP contribution in [-0.2, 0) is 27.1 Å². The van der Waals surface area contributed by atoms with Crippen LogP contribution in [0, 0.1) is 0 Å². The molecular weight excluding hydrogens is 282 g/mol. The number of hydrogen-bond acceptors (Lipinski definition) is 4. The summed E-state index contributed by atoms with van der Waals surface area (Å²) in [6.07, 6.45) is 3.62. The summed E-state index contributed by atoms with van der Waals surface area (Å²) >= 11 is 0. The van der Waals surface area contributed by atoms with Crippen molar-refractivity contribution in [3.63, 3.8) is 0 Å². The number of esters is 1. The van der Waals surface area contributed by atoms with Crippen LogP contribution in [0.5, 0.6) is 0 Å². The van der Waals surface area contributed by atoms with Gasteiger partial charge in [0.25, 0.3) is 5.91 Å². The first kappa shape index (κ1) is 16.5. The number of rotatable bonds is 6. The number of fused-ring (bicyclic) bond motifs is 1. The molecule has 1 amide bonds. The van der Waals surface area contributed by atoms with Crippen molar-refractivity contribution >= 4 is 11.9 Å². The monoisotopic (exact) mass is 305 g/mol. The summed E-state index contributed by atoms with van der Waals surface area (Å²) in [6, 6.07) is 5.67. The van der Waals surface area contributed by atoms with Crippen molar-refractivity contribution < 1.29 is 19.1 Å². The number of methoxy groups -OCH3 is 1. The van der Waals surface area contributed by atoms with Gasteiger partial charge in [-0.25, -0.2) is 4.79 Å². The van der Waals surface area contributed by atoms with Crippen LogP contribution >= 0.6 is 0 Å². The van der Waals surface area contributed by atoms with Gasteiger partial charge in [0.05, 0.1) is 12.2 Å². The van der Waals surface area contributed by atoms with E-state index in [9.17, 15) is 9.59 Å². The fourth-order valence-electron chi connectivity index (χ4n) is 2.56. The second-order valence-electron chi connectivity index (χ2n) is 5.52. The molecule has 120 valence electrons. The summed E-state index contributed by atoms with van der Waals surface area (Å²) in [7, 11) is 1.56. The van der Waals surface area contributed by atoms with E-state index in [4.69, 9.17) is 9.47 Å². The Morgan fingerprint density at radius 1 is 1.23 bits per heavy atom. The zero-order valence-electron chi connectivity index (χ0n) is 13.2. The van der Waals surface area contributed by atoms with Gasteiger partial charge >= 0.3 is 5.97 Å². The maximum Gasteiger partial charge on any atom is 0.338 e. The Morgan fingerprint density at radius 2 is 1.95 bits per heavy atom. The molecule has 1 aliphatic carbocycles. The van der Waals surface area contributed by atoms with Crippen LogP contribution in [0.2, 0.25) is 0 Å². The number of carbonyl (C=O) groups is 2. The third-order valence-corrected chi connectivity index (χ3v) is 3.84. The zero-order chi connectivity index (χ0) is 15.9. The molecule has 0 aromatic heterocycles. The van der Waals surface area contributed by atoms with Crippen molar-refractivity contribution in [3.8, 4) is 0 Å². The van der Waals surface area contributed by atoms with Gasteiger partial charge in [0, 0.05) is 13.7 Å². The molecule has 5 heteroatoms. The highest BCUT2D eigenvalue weighted by atomic mass is 16.5. The number of carbonyl (C=O) groups excluding carboxylic acids is 2. The number of nitrogens with one attached hydrogen (secondary N) is 1. The third-order valence-electron chi connectivity index (χ3n) is 3.84. The van der Waals surface area contributed by atoms with Gasteiger partial charge in [-0.2, -0.15) is 0 Å². The summed E-state index contributed by atoms with van der Waals surface area (Å²) in [4.78, 5) is 23.9. The molecule has 0 saturated heterocycles. The molecule has 0 unspecified atom stereocenters. The van der Waals surface area contributed by atoms with Gasteiger partial charge in [-0.15, -0.1) is 0 Å². The summed E-state index contributed by atoms with van der Waals surface area (Å²) < 4.78 is 10.1. The second kappa shape index (κ2) is 7.94. The van der Waals surface area contributed by atoms with Crippen LogP contribution in [0.25, 0.3) is 0 Å². The van der Waals surface area contributed by atoms with Gasteiger partial charge < -0.3 is 14.8 Å². The van der Waals surface area contributed by atoms with E-state index in [0.29, 0.717) is 18.7 Å². The third kappa shape index (κ3) is 4.31. The predicted octanol–water partition coefficient (Wildman–Crippen LogP) is 1.87. The number of aryl methyl sites for hydroxylation is 2. The fourth-order valence-corrected chi connectivity index (χ4v) is 2.56. The molecule has 1 aromatic carbocycles. The molecule has 2 rings (SSSR count). The van der Waals surface area contributed by atoms with E-state index in [-0.39, 0.29) is 5.91 Å². The van der Waals surface area contributed by atoms with Crippen molar-refractivity contribution in [1.29, 1.82) is 0 Å². The summed E-state index contributed by atoms with van der Waals surface area (Å²) in [5, 5.41) is 2.65. The van der Waals surface area contributed by atoms with Gasteiger partial charge in [0.2, 0.25) is 0 Å². The van der Waals surface area contributed by atoms with E-state index in [1.807, 2.05) is 12.1 Å². The standard InChI is InChI=1S/C17H23NO4/c1-12(16(19)18-9-10-21-2)22-17(20)15-8-7-13-5-3-4-6-14(13)11-15/h7-8,11-12H,3-6,9-10H2,1-2H3,(H,18,19)/t12-/m1/s1. The van der Waals surface area contributed by atoms with Crippen LogP contribution in [0.4, 0.5) is 0 Å². The summed E-state index contributed by atoms with van der Waals surface area (Å²) in [5.41, 5.74) is 3.04. The predicted molar refractivity (Wildman–Crippen MR) is 82.8 cm³/mol. The molecule has 0 heterocycles. The second-order valence-corrected chi connectivity index (χ2v) is 5.52. The SMILES string of the molecule is COCCNC(=O)[C@@H](C)OC(=O)c1ccc2c(c1)CCCC2. The van der Waals surface area contributed by atoms with E-state index in [0.717, 1.165) is 19.3 Å². The molecule has 0 aliphatic heterocycles. The number of ether oxygens (including phenoxy) is 2. The lowest BCUT2D eigenvalue weighted by Gasteiger charge is -2.17. The highest BCUT2D eigenvalue weighted by Gasteiger charge is 2.19. The topological polar surface area (TPSA) is 64.6 Å². The molecule has 0 bridgehead atoms. The van der Waals surface area contributed by atoms with Crippen molar-refractivity contribution in [2.45, 2.75) is 38.7 Å². The minimum atomic E-state index is -0.819. The lowest BCUT2D eigenvalue weighted by molar-refractivity contribution is -0.129. The summed E-state index contributed by atoms with van der Waals surface area (Å²) in [5.74, 6) is -0.772. The molecule has 1 atom stereocenters. The minimum Gasteiger partial charge on any atom is -0.449 e. The van der Waals surface area contributed by atoms with Crippen molar-refractivity contribution in [2.24, 2.45) is 0 Å². The van der Waals surface area contributed by atoms with Gasteiger partial charge in [-0.1, -0.05) is 6.07 Å². The first-order valence-electron chi connectivity index (χ1n) is 7.71. The zero-order valence-corrected chi connectivity index (χ0v) is 13.2. The molecule has 5 nitrogen and oxygen atoms in total. The quantitative estimate of drug-likeness (QED) is 0.644. The van der Waals surface area contributed by atoms with Crippen LogP contribution < -0.4 is 5.32 Å². The molecule has 0 saturated carbocycles. The van der Waals surface area contributed by atoms with Gasteiger partial charge in [0.15, 0.2) is 6.10 Å². The van der Waals surface area contributed by atoms with Crippen LogP contribution in [-0.4, -0.2) is 38.2 Å². The largest absolute Gasteiger partial charge is 0.449 e. The van der Waals surface area contributed by atoms with Crippen molar-refractivity contribution in [3.05, 3.63) is 34.9 Å². The minimum absolute atomic E-state index is 0.316. The first-order valence-corrected chi connectivity index (χ1v) is 7.71. The Labute approximate surface area is 131 Å². The fraction of sp³-hybridized carbons (Fsp3) is 0.529. The molecular formula is C17H23NO4. The van der Waals surface area contributed by atoms with Crippen molar-refractivity contribution in [1.82, 2.24) is 5.32 Å². The molecule has 0 fully saturated rings. The van der Waals surface area contributed by atoms with Crippen LogP contribution in [0.3, 0.4) is 0 Å². The smallest absolute Gasteiger partial charge is 0.338 e. The number of benzene rings is 1. The lowest BCUT2D eigenvalue weighted by Crippen LogP contribution is -2.37. The maximum absolute atomic E-state index is 12.1. The molecule has 0 spiro atoms. The average Bonchev–Trinajstić information content (AvgIpc) is 2.54. The normalized spacial score (nSPS) is 14.8. The molecule has 1 aliphatic rings. The van der Waals surface area contributed by atoms with Gasteiger partial charge in [0.1, 0.15) is 0 Å². The van der Waals surface area contributed by atoms with Gasteiger partial charge in [-0.3, -0.25) is 4.79 Å². The van der Waals surface area contributed by atoms with E-state index in [2.05, 4.69) is 5.32 Å². The average molecular weight is 305 g/mol. The van der Waals surface area contributed by atoms with E-state index >= 15 is 0 Å². The van der Waals surface area contributed by atoms with E-state index in [1.54, 1.807) is 20.1 Å².